The van der Waals surface area contributed by atoms with Crippen molar-refractivity contribution in [3.05, 3.63) is 47.4 Å². The Morgan fingerprint density at radius 1 is 1.14 bits per heavy atom. The van der Waals surface area contributed by atoms with Gasteiger partial charge in [-0.1, -0.05) is 24.3 Å². The Morgan fingerprint density at radius 2 is 1.86 bits per heavy atom. The maximum absolute atomic E-state index is 6.01. The van der Waals surface area contributed by atoms with Gasteiger partial charge in [-0.3, -0.25) is 9.58 Å². The third-order valence-electron chi connectivity index (χ3n) is 3.94. The predicted molar refractivity (Wildman–Crippen MR) is 80.1 cm³/mol. The fourth-order valence-corrected chi connectivity index (χ4v) is 2.88. The van der Waals surface area contributed by atoms with Crippen molar-refractivity contribution in [3.63, 3.8) is 0 Å². The molecule has 0 fully saturated rings. The van der Waals surface area contributed by atoms with Crippen molar-refractivity contribution in [2.45, 2.75) is 19.6 Å². The molecule has 0 unspecified atom stereocenters. The number of benzene rings is 1. The molecule has 2 aromatic heterocycles. The fraction of sp³-hybridized carbons (Fsp3) is 0.267. The third kappa shape index (κ3) is 2.04. The quantitative estimate of drug-likeness (QED) is 0.769. The van der Waals surface area contributed by atoms with E-state index in [9.17, 15) is 0 Å². The molecule has 2 N–H and O–H groups in total. The SMILES string of the molecule is Cn1ncc2c(N)nc(CN3Cc4ccccc4C3)nc21. The molecule has 0 spiro atoms. The van der Waals surface area contributed by atoms with Crippen LogP contribution in [-0.4, -0.2) is 24.6 Å². The molecule has 1 aliphatic heterocycles. The van der Waals surface area contributed by atoms with Crippen molar-refractivity contribution in [1.29, 1.82) is 0 Å². The molecule has 0 saturated heterocycles. The van der Waals surface area contributed by atoms with Gasteiger partial charge in [0.1, 0.15) is 11.6 Å². The van der Waals surface area contributed by atoms with Gasteiger partial charge in [0, 0.05) is 20.1 Å². The molecular formula is C15H16N6. The molecule has 3 aromatic rings. The number of hydrogen-bond acceptors (Lipinski definition) is 5. The van der Waals surface area contributed by atoms with Crippen LogP contribution in [0.4, 0.5) is 5.82 Å². The van der Waals surface area contributed by atoms with Crippen molar-refractivity contribution in [3.8, 4) is 0 Å². The Morgan fingerprint density at radius 3 is 2.57 bits per heavy atom. The summed E-state index contributed by atoms with van der Waals surface area (Å²) in [4.78, 5) is 11.3. The Balaban J connectivity index is 1.62. The van der Waals surface area contributed by atoms with Crippen LogP contribution in [0.25, 0.3) is 11.0 Å². The van der Waals surface area contributed by atoms with E-state index in [0.29, 0.717) is 12.4 Å². The average molecular weight is 280 g/mol. The van der Waals surface area contributed by atoms with Gasteiger partial charge in [-0.2, -0.15) is 5.10 Å². The zero-order valence-electron chi connectivity index (χ0n) is 11.8. The normalized spacial score (nSPS) is 14.7. The van der Waals surface area contributed by atoms with Crippen LogP contribution in [-0.2, 0) is 26.7 Å². The van der Waals surface area contributed by atoms with Crippen LogP contribution in [0.2, 0.25) is 0 Å². The van der Waals surface area contributed by atoms with Gasteiger partial charge in [0.05, 0.1) is 18.1 Å². The van der Waals surface area contributed by atoms with Crippen molar-refractivity contribution in [2.24, 2.45) is 7.05 Å². The molecule has 0 bridgehead atoms. The zero-order valence-corrected chi connectivity index (χ0v) is 11.8. The summed E-state index contributed by atoms with van der Waals surface area (Å²) in [6.45, 7) is 2.56. The second-order valence-electron chi connectivity index (χ2n) is 5.44. The summed E-state index contributed by atoms with van der Waals surface area (Å²) in [6, 6.07) is 8.51. The molecule has 3 heterocycles. The zero-order chi connectivity index (χ0) is 14.4. The van der Waals surface area contributed by atoms with Gasteiger partial charge in [-0.15, -0.1) is 0 Å². The third-order valence-corrected chi connectivity index (χ3v) is 3.94. The van der Waals surface area contributed by atoms with Gasteiger partial charge in [0.2, 0.25) is 0 Å². The smallest absolute Gasteiger partial charge is 0.163 e. The van der Waals surface area contributed by atoms with Crippen LogP contribution in [0.15, 0.2) is 30.5 Å². The van der Waals surface area contributed by atoms with Crippen LogP contribution in [0.3, 0.4) is 0 Å². The Kier molecular flexibility index (Phi) is 2.65. The highest BCUT2D eigenvalue weighted by Crippen LogP contribution is 2.24. The van der Waals surface area contributed by atoms with Crippen LogP contribution in [0.1, 0.15) is 17.0 Å². The van der Waals surface area contributed by atoms with Crippen LogP contribution < -0.4 is 5.73 Å². The van der Waals surface area contributed by atoms with Crippen molar-refractivity contribution in [1.82, 2.24) is 24.6 Å². The first kappa shape index (κ1) is 12.3. The number of aromatic nitrogens is 4. The summed E-state index contributed by atoms with van der Waals surface area (Å²) in [5, 5.41) is 4.99. The van der Waals surface area contributed by atoms with E-state index in [1.165, 1.54) is 11.1 Å². The molecule has 21 heavy (non-hydrogen) atoms. The largest absolute Gasteiger partial charge is 0.383 e. The van der Waals surface area contributed by atoms with Crippen LogP contribution >= 0.6 is 0 Å². The van der Waals surface area contributed by atoms with Crippen LogP contribution in [0.5, 0.6) is 0 Å². The van der Waals surface area contributed by atoms with E-state index in [1.54, 1.807) is 10.9 Å². The minimum Gasteiger partial charge on any atom is -0.383 e. The number of hydrogen-bond donors (Lipinski definition) is 1. The molecule has 1 aromatic carbocycles. The first-order valence-electron chi connectivity index (χ1n) is 6.94. The first-order valence-corrected chi connectivity index (χ1v) is 6.94. The lowest BCUT2D eigenvalue weighted by molar-refractivity contribution is 0.268. The topological polar surface area (TPSA) is 72.9 Å². The minimum atomic E-state index is 0.500. The molecule has 0 atom stereocenters. The van der Waals surface area contributed by atoms with Crippen molar-refractivity contribution in [2.75, 3.05) is 5.73 Å². The molecule has 0 saturated carbocycles. The summed E-state index contributed by atoms with van der Waals surface area (Å²) in [5.74, 6) is 1.25. The highest BCUT2D eigenvalue weighted by Gasteiger charge is 2.20. The summed E-state index contributed by atoms with van der Waals surface area (Å²) >= 11 is 0. The highest BCUT2D eigenvalue weighted by molar-refractivity contribution is 5.84. The summed E-state index contributed by atoms with van der Waals surface area (Å²) in [6.07, 6.45) is 1.71. The molecule has 1 aliphatic rings. The molecular weight excluding hydrogens is 264 g/mol. The number of rotatable bonds is 2. The Labute approximate surface area is 122 Å². The molecule has 0 aliphatic carbocycles. The molecule has 6 nitrogen and oxygen atoms in total. The molecule has 0 amide bonds. The van der Waals surface area contributed by atoms with E-state index >= 15 is 0 Å². The van der Waals surface area contributed by atoms with E-state index in [-0.39, 0.29) is 0 Å². The van der Waals surface area contributed by atoms with Gasteiger partial charge in [-0.05, 0) is 11.1 Å². The van der Waals surface area contributed by atoms with Gasteiger partial charge < -0.3 is 5.73 Å². The first-order chi connectivity index (χ1) is 10.2. The second kappa shape index (κ2) is 4.53. The number of nitrogen functional groups attached to an aromatic ring is 1. The molecule has 0 radical (unpaired) electrons. The van der Waals surface area contributed by atoms with Gasteiger partial charge >= 0.3 is 0 Å². The number of aryl methyl sites for hydroxylation is 1. The highest BCUT2D eigenvalue weighted by atomic mass is 15.3. The average Bonchev–Trinajstić information content (AvgIpc) is 3.03. The maximum atomic E-state index is 6.01. The number of nitrogens with zero attached hydrogens (tertiary/aromatic N) is 5. The monoisotopic (exact) mass is 280 g/mol. The summed E-state index contributed by atoms with van der Waals surface area (Å²) in [7, 11) is 1.87. The fourth-order valence-electron chi connectivity index (χ4n) is 2.88. The lowest BCUT2D eigenvalue weighted by atomic mass is 10.1. The second-order valence-corrected chi connectivity index (χ2v) is 5.44. The Bertz CT molecular complexity index is 797. The lowest BCUT2D eigenvalue weighted by Crippen LogP contribution is -2.18. The molecule has 4 rings (SSSR count). The predicted octanol–water partition coefficient (Wildman–Crippen LogP) is 1.46. The number of anilines is 1. The van der Waals surface area contributed by atoms with E-state index in [1.807, 2.05) is 7.05 Å². The summed E-state index contributed by atoms with van der Waals surface area (Å²) in [5.41, 5.74) is 9.56. The van der Waals surface area contributed by atoms with Crippen molar-refractivity contribution >= 4 is 16.9 Å². The number of fused-ring (bicyclic) bond motifs is 2. The van der Waals surface area contributed by atoms with Gasteiger partial charge in [-0.25, -0.2) is 9.97 Å². The van der Waals surface area contributed by atoms with Gasteiger partial charge in [0.25, 0.3) is 0 Å². The van der Waals surface area contributed by atoms with Gasteiger partial charge in [0.15, 0.2) is 5.65 Å². The summed E-state index contributed by atoms with van der Waals surface area (Å²) < 4.78 is 1.73. The van der Waals surface area contributed by atoms with Crippen molar-refractivity contribution < 1.29 is 0 Å². The molecule has 6 heteroatoms. The lowest BCUT2D eigenvalue weighted by Gasteiger charge is -2.13. The maximum Gasteiger partial charge on any atom is 0.163 e. The Hall–Kier alpha value is -2.47. The van der Waals surface area contributed by atoms with Crippen LogP contribution in [0, 0.1) is 0 Å². The minimum absolute atomic E-state index is 0.500. The van der Waals surface area contributed by atoms with E-state index in [0.717, 1.165) is 29.9 Å². The van der Waals surface area contributed by atoms with E-state index in [4.69, 9.17) is 5.73 Å². The number of nitrogens with two attached hydrogens (primary N) is 1. The van der Waals surface area contributed by atoms with E-state index in [2.05, 4.69) is 44.2 Å². The standard InChI is InChI=1S/C15H16N6/c1-20-15-12(6-17-20)14(16)18-13(19-15)9-21-7-10-4-2-3-5-11(10)8-21/h2-6H,7-9H2,1H3,(H2,16,18,19). The molecule has 106 valence electrons. The van der Waals surface area contributed by atoms with E-state index < -0.39 is 0 Å².